The molecule has 2 rings (SSSR count). The van der Waals surface area contributed by atoms with Gasteiger partial charge in [-0.2, -0.15) is 0 Å². The maximum Gasteiger partial charge on any atom is 0.277 e. The summed E-state index contributed by atoms with van der Waals surface area (Å²) in [5, 5.41) is 3.39. The van der Waals surface area contributed by atoms with E-state index in [0.29, 0.717) is 5.13 Å². The summed E-state index contributed by atoms with van der Waals surface area (Å²) in [4.78, 5) is 24.7. The topological polar surface area (TPSA) is 67.8 Å². The van der Waals surface area contributed by atoms with E-state index in [0.717, 1.165) is 10.6 Å². The SMILES string of the molecule is Cc1nc(NC(=O)c2cncc(Cl)n2)sc1C. The molecule has 0 fully saturated rings. The zero-order chi connectivity index (χ0) is 12.4. The van der Waals surface area contributed by atoms with Crippen LogP contribution in [0.25, 0.3) is 0 Å². The molecule has 0 saturated heterocycles. The minimum absolute atomic E-state index is 0.169. The van der Waals surface area contributed by atoms with Gasteiger partial charge in [0.25, 0.3) is 5.91 Å². The fraction of sp³-hybridized carbons (Fsp3) is 0.200. The first-order chi connectivity index (χ1) is 8.06. The molecule has 0 aromatic carbocycles. The number of thiazole rings is 1. The van der Waals surface area contributed by atoms with E-state index in [2.05, 4.69) is 20.3 Å². The fourth-order valence-corrected chi connectivity index (χ4v) is 2.10. The van der Waals surface area contributed by atoms with Gasteiger partial charge in [-0.15, -0.1) is 11.3 Å². The Morgan fingerprint density at radius 1 is 1.35 bits per heavy atom. The normalized spacial score (nSPS) is 10.3. The molecule has 2 heterocycles. The lowest BCUT2D eigenvalue weighted by Crippen LogP contribution is -2.13. The Bertz CT molecular complexity index is 550. The summed E-state index contributed by atoms with van der Waals surface area (Å²) in [5.41, 5.74) is 1.07. The van der Waals surface area contributed by atoms with Crippen molar-refractivity contribution in [3.63, 3.8) is 0 Å². The first-order valence-corrected chi connectivity index (χ1v) is 5.98. The van der Waals surface area contributed by atoms with Gasteiger partial charge in [-0.05, 0) is 13.8 Å². The van der Waals surface area contributed by atoms with E-state index in [1.807, 2.05) is 13.8 Å². The monoisotopic (exact) mass is 268 g/mol. The van der Waals surface area contributed by atoms with Gasteiger partial charge in [0.2, 0.25) is 0 Å². The zero-order valence-corrected chi connectivity index (χ0v) is 10.8. The van der Waals surface area contributed by atoms with E-state index in [1.54, 1.807) is 0 Å². The fourth-order valence-electron chi connectivity index (χ4n) is 1.14. The molecule has 2 aromatic heterocycles. The van der Waals surface area contributed by atoms with Crippen molar-refractivity contribution in [2.75, 3.05) is 5.32 Å². The molecule has 17 heavy (non-hydrogen) atoms. The van der Waals surface area contributed by atoms with Crippen LogP contribution in [0.15, 0.2) is 12.4 Å². The van der Waals surface area contributed by atoms with Crippen LogP contribution in [0.2, 0.25) is 5.15 Å². The van der Waals surface area contributed by atoms with Crippen LogP contribution in [0, 0.1) is 13.8 Å². The van der Waals surface area contributed by atoms with Gasteiger partial charge in [-0.3, -0.25) is 15.1 Å². The van der Waals surface area contributed by atoms with Crippen LogP contribution in [0.3, 0.4) is 0 Å². The second kappa shape index (κ2) is 4.77. The molecule has 0 bridgehead atoms. The molecule has 1 amide bonds. The van der Waals surface area contributed by atoms with Gasteiger partial charge in [-0.1, -0.05) is 11.6 Å². The zero-order valence-electron chi connectivity index (χ0n) is 9.19. The number of nitrogens with zero attached hydrogens (tertiary/aromatic N) is 3. The van der Waals surface area contributed by atoms with Crippen LogP contribution >= 0.6 is 22.9 Å². The van der Waals surface area contributed by atoms with Crippen molar-refractivity contribution in [1.82, 2.24) is 15.0 Å². The third-order valence-corrected chi connectivity index (χ3v) is 3.26. The number of nitrogens with one attached hydrogen (secondary N) is 1. The van der Waals surface area contributed by atoms with Crippen molar-refractivity contribution in [2.24, 2.45) is 0 Å². The smallest absolute Gasteiger partial charge is 0.277 e. The van der Waals surface area contributed by atoms with E-state index in [1.165, 1.54) is 23.7 Å². The molecule has 1 N–H and O–H groups in total. The number of halogens is 1. The van der Waals surface area contributed by atoms with Gasteiger partial charge in [0.1, 0.15) is 10.8 Å². The van der Waals surface area contributed by atoms with Gasteiger partial charge in [0, 0.05) is 4.88 Å². The molecule has 5 nitrogen and oxygen atoms in total. The number of amides is 1. The van der Waals surface area contributed by atoms with Crippen LogP contribution < -0.4 is 5.32 Å². The number of hydrogen-bond donors (Lipinski definition) is 1. The summed E-state index contributed by atoms with van der Waals surface area (Å²) in [6.45, 7) is 3.84. The predicted octanol–water partition coefficient (Wildman–Crippen LogP) is 2.46. The number of aromatic nitrogens is 3. The molecule has 0 aliphatic heterocycles. The van der Waals surface area contributed by atoms with Crippen LogP contribution in [0.4, 0.5) is 5.13 Å². The largest absolute Gasteiger partial charge is 0.296 e. The molecular weight excluding hydrogens is 260 g/mol. The number of hydrogen-bond acceptors (Lipinski definition) is 5. The van der Waals surface area contributed by atoms with E-state index in [-0.39, 0.29) is 16.8 Å². The molecule has 88 valence electrons. The molecule has 0 spiro atoms. The van der Waals surface area contributed by atoms with Gasteiger partial charge in [-0.25, -0.2) is 9.97 Å². The van der Waals surface area contributed by atoms with Gasteiger partial charge < -0.3 is 0 Å². The van der Waals surface area contributed by atoms with Crippen LogP contribution in [-0.4, -0.2) is 20.9 Å². The molecule has 2 aromatic rings. The highest BCUT2D eigenvalue weighted by atomic mass is 35.5. The lowest BCUT2D eigenvalue weighted by molar-refractivity contribution is 0.102. The molecule has 0 aliphatic rings. The van der Waals surface area contributed by atoms with Crippen molar-refractivity contribution in [3.8, 4) is 0 Å². The average Bonchev–Trinajstić information content (AvgIpc) is 2.58. The highest BCUT2D eigenvalue weighted by Crippen LogP contribution is 2.21. The van der Waals surface area contributed by atoms with Crippen LogP contribution in [-0.2, 0) is 0 Å². The van der Waals surface area contributed by atoms with Crippen molar-refractivity contribution in [3.05, 3.63) is 33.8 Å². The third kappa shape index (κ3) is 2.78. The quantitative estimate of drug-likeness (QED) is 0.908. The number of aryl methyl sites for hydroxylation is 2. The second-order valence-electron chi connectivity index (χ2n) is 3.34. The Kier molecular flexibility index (Phi) is 3.35. The number of carbonyl (C=O) groups is 1. The minimum atomic E-state index is -0.367. The van der Waals surface area contributed by atoms with E-state index in [9.17, 15) is 4.79 Å². The Labute approximate surface area is 107 Å². The Morgan fingerprint density at radius 2 is 2.12 bits per heavy atom. The van der Waals surface area contributed by atoms with Gasteiger partial charge in [0.05, 0.1) is 18.1 Å². The predicted molar refractivity (Wildman–Crippen MR) is 66.6 cm³/mol. The average molecular weight is 269 g/mol. The Morgan fingerprint density at radius 3 is 2.71 bits per heavy atom. The summed E-state index contributed by atoms with van der Waals surface area (Å²) in [7, 11) is 0. The first kappa shape index (κ1) is 11.9. The number of carbonyl (C=O) groups excluding carboxylic acids is 1. The highest BCUT2D eigenvalue weighted by molar-refractivity contribution is 7.15. The Hall–Kier alpha value is -1.53. The van der Waals surface area contributed by atoms with Gasteiger partial charge in [0.15, 0.2) is 5.13 Å². The second-order valence-corrected chi connectivity index (χ2v) is 4.93. The Balaban J connectivity index is 2.17. The molecule has 7 heteroatoms. The summed E-state index contributed by atoms with van der Waals surface area (Å²) in [6.07, 6.45) is 2.73. The van der Waals surface area contributed by atoms with Crippen molar-refractivity contribution >= 4 is 34.0 Å². The molecule has 0 radical (unpaired) electrons. The summed E-state index contributed by atoms with van der Waals surface area (Å²) < 4.78 is 0. The standard InChI is InChI=1S/C10H9ClN4OS/c1-5-6(2)17-10(13-5)15-9(16)7-3-12-4-8(11)14-7/h3-4H,1-2H3,(H,13,15,16). The van der Waals surface area contributed by atoms with Crippen molar-refractivity contribution in [1.29, 1.82) is 0 Å². The lowest BCUT2D eigenvalue weighted by atomic mass is 10.4. The molecule has 0 unspecified atom stereocenters. The van der Waals surface area contributed by atoms with E-state index >= 15 is 0 Å². The minimum Gasteiger partial charge on any atom is -0.296 e. The lowest BCUT2D eigenvalue weighted by Gasteiger charge is -2.00. The maximum absolute atomic E-state index is 11.8. The first-order valence-electron chi connectivity index (χ1n) is 4.79. The third-order valence-electron chi connectivity index (χ3n) is 2.09. The molecule has 0 saturated carbocycles. The highest BCUT2D eigenvalue weighted by Gasteiger charge is 2.11. The summed E-state index contributed by atoms with van der Waals surface area (Å²) in [6, 6.07) is 0. The van der Waals surface area contributed by atoms with Crippen LogP contribution in [0.1, 0.15) is 21.1 Å². The van der Waals surface area contributed by atoms with Crippen molar-refractivity contribution < 1.29 is 4.79 Å². The van der Waals surface area contributed by atoms with Crippen molar-refractivity contribution in [2.45, 2.75) is 13.8 Å². The number of anilines is 1. The number of rotatable bonds is 2. The molecular formula is C10H9ClN4OS. The summed E-state index contributed by atoms with van der Waals surface area (Å²) >= 11 is 7.07. The van der Waals surface area contributed by atoms with E-state index < -0.39 is 0 Å². The molecule has 0 atom stereocenters. The van der Waals surface area contributed by atoms with E-state index in [4.69, 9.17) is 11.6 Å². The van der Waals surface area contributed by atoms with Crippen LogP contribution in [0.5, 0.6) is 0 Å². The van der Waals surface area contributed by atoms with Gasteiger partial charge >= 0.3 is 0 Å². The maximum atomic E-state index is 11.8. The summed E-state index contributed by atoms with van der Waals surface area (Å²) in [5.74, 6) is -0.367. The molecule has 0 aliphatic carbocycles.